The van der Waals surface area contributed by atoms with Gasteiger partial charge in [0.25, 0.3) is 5.56 Å². The van der Waals surface area contributed by atoms with Crippen molar-refractivity contribution in [2.24, 2.45) is 20.0 Å². The zero-order valence-electron chi connectivity index (χ0n) is 18.6. The summed E-state index contributed by atoms with van der Waals surface area (Å²) in [7, 11) is 2.96. The monoisotopic (exact) mass is 461 g/mol. The zero-order valence-corrected chi connectivity index (χ0v) is 18.6. The van der Waals surface area contributed by atoms with Gasteiger partial charge in [-0.05, 0) is 50.2 Å². The van der Waals surface area contributed by atoms with Crippen molar-refractivity contribution >= 4 is 16.9 Å². The van der Waals surface area contributed by atoms with Crippen molar-refractivity contribution in [3.8, 4) is 0 Å². The second kappa shape index (κ2) is 9.77. The molecule has 3 heterocycles. The van der Waals surface area contributed by atoms with Crippen LogP contribution in [0.15, 0.2) is 40.2 Å². The van der Waals surface area contributed by atoms with Crippen molar-refractivity contribution in [1.82, 2.24) is 23.6 Å². The summed E-state index contributed by atoms with van der Waals surface area (Å²) in [5.74, 6) is -0.455. The number of fused-ring (bicyclic) bond motifs is 1. The Balaban J connectivity index is 0.00000306. The third kappa shape index (κ3) is 4.80. The second-order valence-electron chi connectivity index (χ2n) is 8.37. The molecule has 2 aromatic heterocycles. The lowest BCUT2D eigenvalue weighted by Gasteiger charge is -2.32. The number of hydrogen-bond donors (Lipinski definition) is 1. The minimum atomic E-state index is -0.751. The minimum Gasteiger partial charge on any atom is -0.412 e. The molecular weight excluding hydrogens is 433 g/mol. The lowest BCUT2D eigenvalue weighted by atomic mass is 9.89. The van der Waals surface area contributed by atoms with Gasteiger partial charge in [0.15, 0.2) is 16.9 Å². The number of imidazole rings is 1. The number of aryl methyl sites for hydroxylation is 1. The van der Waals surface area contributed by atoms with E-state index in [1.165, 1.54) is 42.2 Å². The number of likely N-dealkylation sites (tertiary alicyclic amines) is 1. The van der Waals surface area contributed by atoms with Crippen LogP contribution in [-0.4, -0.2) is 65.7 Å². The van der Waals surface area contributed by atoms with Crippen LogP contribution in [0.1, 0.15) is 23.2 Å². The van der Waals surface area contributed by atoms with Crippen LogP contribution >= 0.6 is 0 Å². The number of carbonyl (C=O) groups excluding carboxylic acids is 1. The number of benzene rings is 1. The number of Topliss-reactive ketones (excluding diaryl/α,β-unsaturated/α-hetero) is 1. The highest BCUT2D eigenvalue weighted by Gasteiger charge is 2.27. The number of ketones is 1. The topological polar surface area (TPSA) is 134 Å². The average molecular weight is 461 g/mol. The van der Waals surface area contributed by atoms with Crippen molar-refractivity contribution in [2.75, 3.05) is 19.6 Å². The van der Waals surface area contributed by atoms with Crippen molar-refractivity contribution in [3.05, 3.63) is 62.8 Å². The van der Waals surface area contributed by atoms with E-state index in [9.17, 15) is 23.9 Å². The maximum absolute atomic E-state index is 13.1. The number of halogens is 1. The summed E-state index contributed by atoms with van der Waals surface area (Å²) >= 11 is 0. The van der Waals surface area contributed by atoms with E-state index in [1.54, 1.807) is 11.6 Å². The predicted molar refractivity (Wildman–Crippen MR) is 120 cm³/mol. The lowest BCUT2D eigenvalue weighted by molar-refractivity contribution is 0.0684. The predicted octanol–water partition coefficient (Wildman–Crippen LogP) is -0.296. The van der Waals surface area contributed by atoms with E-state index < -0.39 is 17.4 Å². The van der Waals surface area contributed by atoms with Gasteiger partial charge in [-0.25, -0.2) is 14.2 Å². The van der Waals surface area contributed by atoms with Gasteiger partial charge in [-0.3, -0.25) is 18.7 Å². The molecule has 0 spiro atoms. The molecule has 0 aliphatic carbocycles. The molecule has 1 aliphatic heterocycles. The Bertz CT molecular complexity index is 1260. The van der Waals surface area contributed by atoms with Gasteiger partial charge < -0.3 is 20.0 Å². The molecular formula is C22H28FN5O5. The van der Waals surface area contributed by atoms with Crippen LogP contribution in [-0.2, 0) is 20.6 Å². The molecule has 1 aromatic carbocycles. The number of aliphatic hydroxyl groups is 1. The van der Waals surface area contributed by atoms with Crippen LogP contribution in [0.2, 0.25) is 0 Å². The molecule has 3 aromatic rings. The first-order chi connectivity index (χ1) is 15.3. The van der Waals surface area contributed by atoms with Crippen LogP contribution < -0.4 is 11.2 Å². The molecule has 0 bridgehead atoms. The van der Waals surface area contributed by atoms with Crippen molar-refractivity contribution in [3.63, 3.8) is 0 Å². The highest BCUT2D eigenvalue weighted by atomic mass is 19.1. The van der Waals surface area contributed by atoms with Gasteiger partial charge in [-0.1, -0.05) is 0 Å². The van der Waals surface area contributed by atoms with Gasteiger partial charge in [-0.15, -0.1) is 0 Å². The Hall–Kier alpha value is -3.15. The molecule has 0 saturated carbocycles. The maximum Gasteiger partial charge on any atom is 0.332 e. The highest BCUT2D eigenvalue weighted by Crippen LogP contribution is 2.22. The van der Waals surface area contributed by atoms with E-state index in [0.29, 0.717) is 38.0 Å². The fourth-order valence-corrected chi connectivity index (χ4v) is 4.35. The molecule has 33 heavy (non-hydrogen) atoms. The molecule has 0 radical (unpaired) electrons. The van der Waals surface area contributed by atoms with Crippen molar-refractivity contribution in [2.45, 2.75) is 25.5 Å². The molecule has 11 heteroatoms. The van der Waals surface area contributed by atoms with Crippen LogP contribution in [0.25, 0.3) is 11.2 Å². The Morgan fingerprint density at radius 3 is 2.39 bits per heavy atom. The normalized spacial score (nSPS) is 16.0. The molecule has 1 saturated heterocycles. The van der Waals surface area contributed by atoms with E-state index in [2.05, 4.69) is 9.88 Å². The lowest BCUT2D eigenvalue weighted by Crippen LogP contribution is -2.42. The summed E-state index contributed by atoms with van der Waals surface area (Å²) in [6, 6.07) is 5.63. The Kier molecular flexibility index (Phi) is 7.25. The van der Waals surface area contributed by atoms with Crippen molar-refractivity contribution in [1.29, 1.82) is 0 Å². The molecule has 4 rings (SSSR count). The van der Waals surface area contributed by atoms with E-state index in [1.807, 2.05) is 0 Å². The molecule has 1 unspecified atom stereocenters. The van der Waals surface area contributed by atoms with Gasteiger partial charge in [0, 0.05) is 32.1 Å². The summed E-state index contributed by atoms with van der Waals surface area (Å²) in [5.41, 5.74) is 0.176. The summed E-state index contributed by atoms with van der Waals surface area (Å²) in [5, 5.41) is 10.6. The molecule has 1 fully saturated rings. The first-order valence-electron chi connectivity index (χ1n) is 10.6. The number of rotatable bonds is 6. The summed E-state index contributed by atoms with van der Waals surface area (Å²) in [4.78, 5) is 43.5. The Morgan fingerprint density at radius 2 is 1.76 bits per heavy atom. The summed E-state index contributed by atoms with van der Waals surface area (Å²) in [6.45, 7) is 1.88. The third-order valence-corrected chi connectivity index (χ3v) is 6.18. The van der Waals surface area contributed by atoms with Gasteiger partial charge in [0.2, 0.25) is 0 Å². The average Bonchev–Trinajstić information content (AvgIpc) is 3.20. The molecule has 0 amide bonds. The fraction of sp³-hybridized carbons (Fsp3) is 0.455. The van der Waals surface area contributed by atoms with E-state index >= 15 is 0 Å². The van der Waals surface area contributed by atoms with Crippen LogP contribution in [0, 0.1) is 11.7 Å². The summed E-state index contributed by atoms with van der Waals surface area (Å²) < 4.78 is 17.0. The number of nitrogens with zero attached hydrogens (tertiary/aromatic N) is 5. The van der Waals surface area contributed by atoms with E-state index in [-0.39, 0.29) is 40.7 Å². The smallest absolute Gasteiger partial charge is 0.332 e. The Labute approximate surface area is 188 Å². The quantitative estimate of drug-likeness (QED) is 0.501. The van der Waals surface area contributed by atoms with Gasteiger partial charge >= 0.3 is 5.69 Å². The maximum atomic E-state index is 13.1. The minimum absolute atomic E-state index is 0. The Morgan fingerprint density at radius 1 is 1.12 bits per heavy atom. The van der Waals surface area contributed by atoms with Crippen LogP contribution in [0.5, 0.6) is 0 Å². The first kappa shape index (κ1) is 24.5. The van der Waals surface area contributed by atoms with Gasteiger partial charge in [0.05, 0.1) is 19.0 Å². The van der Waals surface area contributed by atoms with Crippen LogP contribution in [0.3, 0.4) is 0 Å². The molecule has 1 aliphatic rings. The number of aromatic nitrogens is 4. The van der Waals surface area contributed by atoms with E-state index in [0.717, 1.165) is 4.57 Å². The molecule has 178 valence electrons. The third-order valence-electron chi connectivity index (χ3n) is 6.18. The first-order valence-corrected chi connectivity index (χ1v) is 10.6. The SMILES string of the molecule is Cn1c(=O)c2c(ncn2CC(O)CN2CCC(C(=O)c3ccc(F)cc3)CC2)n(C)c1=O.O. The molecule has 1 atom stereocenters. The fourth-order valence-electron chi connectivity index (χ4n) is 4.35. The number of carbonyl (C=O) groups is 1. The molecule has 3 N–H and O–H groups in total. The second-order valence-corrected chi connectivity index (χ2v) is 8.37. The number of aliphatic hydroxyl groups excluding tert-OH is 1. The summed E-state index contributed by atoms with van der Waals surface area (Å²) in [6.07, 6.45) is 2.04. The number of piperidine rings is 1. The zero-order chi connectivity index (χ0) is 23.0. The van der Waals surface area contributed by atoms with Gasteiger partial charge in [-0.2, -0.15) is 0 Å². The highest BCUT2D eigenvalue weighted by molar-refractivity contribution is 5.97. The van der Waals surface area contributed by atoms with Gasteiger partial charge in [0.1, 0.15) is 5.82 Å². The number of β-amino-alcohol motifs (C(OH)–C–C–N with tert-alkyl or cyclic N) is 1. The molecule has 10 nitrogen and oxygen atoms in total. The standard InChI is InChI=1S/C22H26FN5O4.H2O/c1-25-20-18(21(31)26(2)22(25)32)28(13-24-20)12-17(29)11-27-9-7-15(8-10-27)19(30)14-3-5-16(23)6-4-14;/h3-6,13,15,17,29H,7-12H2,1-2H3;1H2. The van der Waals surface area contributed by atoms with E-state index in [4.69, 9.17) is 0 Å². The van der Waals surface area contributed by atoms with Crippen molar-refractivity contribution < 1.29 is 19.8 Å². The van der Waals surface area contributed by atoms with Crippen LogP contribution in [0.4, 0.5) is 4.39 Å². The largest absolute Gasteiger partial charge is 0.412 e. The number of hydrogen-bond acceptors (Lipinski definition) is 6.